The van der Waals surface area contributed by atoms with Crippen LogP contribution in [0.25, 0.3) is 0 Å². The zero-order chi connectivity index (χ0) is 19.8. The van der Waals surface area contributed by atoms with Gasteiger partial charge in [-0.2, -0.15) is 0 Å². The van der Waals surface area contributed by atoms with E-state index in [1.54, 1.807) is 36.5 Å². The third-order valence-electron chi connectivity index (χ3n) is 5.00. The Bertz CT molecular complexity index is 1080. The van der Waals surface area contributed by atoms with Gasteiger partial charge in [0.2, 0.25) is 5.78 Å². The van der Waals surface area contributed by atoms with Gasteiger partial charge in [-0.05, 0) is 55.3 Å². The summed E-state index contributed by atoms with van der Waals surface area (Å²) >= 11 is 0. The highest BCUT2D eigenvalue weighted by Gasteiger charge is 2.46. The zero-order valence-corrected chi connectivity index (χ0v) is 15.4. The van der Waals surface area contributed by atoms with E-state index in [1.165, 1.54) is 17.2 Å². The highest BCUT2D eigenvalue weighted by Crippen LogP contribution is 2.42. The molecule has 0 bridgehead atoms. The van der Waals surface area contributed by atoms with Crippen LogP contribution in [-0.4, -0.2) is 21.8 Å². The van der Waals surface area contributed by atoms with Crippen molar-refractivity contribution >= 4 is 17.4 Å². The molecule has 0 saturated heterocycles. The minimum absolute atomic E-state index is 0.0421. The number of carbonyl (C=O) groups is 2. The maximum atomic E-state index is 13.1. The topological polar surface area (TPSA) is 83.6 Å². The standard InChI is InChI=1S/C22H18N2O4/c1-13-7-5-9-16(14(13)2)24-19(15-8-3-4-11-23-15)18(21(26)22(24)27)20(25)17-10-6-12-28-17/h3-12,19,26H,1-2H3. The number of anilines is 1. The summed E-state index contributed by atoms with van der Waals surface area (Å²) in [5.41, 5.74) is 2.94. The van der Waals surface area contributed by atoms with Crippen molar-refractivity contribution in [3.63, 3.8) is 0 Å². The van der Waals surface area contributed by atoms with E-state index < -0.39 is 23.5 Å². The van der Waals surface area contributed by atoms with Crippen molar-refractivity contribution in [2.75, 3.05) is 4.90 Å². The maximum absolute atomic E-state index is 13.1. The van der Waals surface area contributed by atoms with Gasteiger partial charge in [0.25, 0.3) is 5.91 Å². The van der Waals surface area contributed by atoms with Crippen LogP contribution in [0.1, 0.15) is 33.4 Å². The Balaban J connectivity index is 1.92. The molecular formula is C22H18N2O4. The molecule has 3 aromatic rings. The average molecular weight is 374 g/mol. The Morgan fingerprint density at radius 1 is 1.11 bits per heavy atom. The molecule has 1 atom stereocenters. The Morgan fingerprint density at radius 3 is 2.61 bits per heavy atom. The summed E-state index contributed by atoms with van der Waals surface area (Å²) in [6, 6.07) is 13.1. The van der Waals surface area contributed by atoms with E-state index in [2.05, 4.69) is 4.98 Å². The monoisotopic (exact) mass is 374 g/mol. The molecule has 0 spiro atoms. The van der Waals surface area contributed by atoms with Crippen LogP contribution in [0.2, 0.25) is 0 Å². The second-order valence-corrected chi connectivity index (χ2v) is 6.62. The normalized spacial score (nSPS) is 16.7. The van der Waals surface area contributed by atoms with Crippen molar-refractivity contribution in [2.45, 2.75) is 19.9 Å². The highest BCUT2D eigenvalue weighted by atomic mass is 16.3. The first kappa shape index (κ1) is 17.7. The Kier molecular flexibility index (Phi) is 4.31. The number of Topliss-reactive ketones (excluding diaryl/α,β-unsaturated/α-hetero) is 1. The predicted octanol–water partition coefficient (Wildman–Crippen LogP) is 4.07. The summed E-state index contributed by atoms with van der Waals surface area (Å²) in [7, 11) is 0. The number of hydrogen-bond acceptors (Lipinski definition) is 5. The van der Waals surface area contributed by atoms with Crippen LogP contribution in [0.5, 0.6) is 0 Å². The number of benzene rings is 1. The van der Waals surface area contributed by atoms with Crippen molar-refractivity contribution in [1.82, 2.24) is 4.98 Å². The van der Waals surface area contributed by atoms with Gasteiger partial charge in [-0.25, -0.2) is 0 Å². The van der Waals surface area contributed by atoms with Crippen molar-refractivity contribution in [1.29, 1.82) is 0 Å². The fourth-order valence-corrected chi connectivity index (χ4v) is 3.44. The van der Waals surface area contributed by atoms with E-state index in [4.69, 9.17) is 4.42 Å². The fraction of sp³-hybridized carbons (Fsp3) is 0.136. The SMILES string of the molecule is Cc1cccc(N2C(=O)C(O)=C(C(=O)c3ccco3)C2c2ccccn2)c1C. The summed E-state index contributed by atoms with van der Waals surface area (Å²) < 4.78 is 5.21. The molecule has 28 heavy (non-hydrogen) atoms. The van der Waals surface area contributed by atoms with Crippen molar-refractivity contribution in [3.8, 4) is 0 Å². The molecule has 2 aromatic heterocycles. The summed E-state index contributed by atoms with van der Waals surface area (Å²) in [5.74, 6) is -1.71. The molecule has 3 heterocycles. The largest absolute Gasteiger partial charge is 0.503 e. The van der Waals surface area contributed by atoms with Gasteiger partial charge in [0.15, 0.2) is 11.5 Å². The smallest absolute Gasteiger partial charge is 0.294 e. The number of carbonyl (C=O) groups excluding carboxylic acids is 2. The van der Waals surface area contributed by atoms with E-state index in [0.717, 1.165) is 11.1 Å². The molecule has 1 aromatic carbocycles. The number of hydrogen-bond donors (Lipinski definition) is 1. The van der Waals surface area contributed by atoms with E-state index in [1.807, 2.05) is 26.0 Å². The summed E-state index contributed by atoms with van der Waals surface area (Å²) in [6.45, 7) is 3.84. The molecule has 0 fully saturated rings. The molecule has 140 valence electrons. The van der Waals surface area contributed by atoms with Crippen LogP contribution < -0.4 is 4.90 Å². The Labute approximate surface area is 161 Å². The number of ketones is 1. The van der Waals surface area contributed by atoms with Crippen LogP contribution >= 0.6 is 0 Å². The van der Waals surface area contributed by atoms with Gasteiger partial charge >= 0.3 is 0 Å². The average Bonchev–Trinajstić information content (AvgIpc) is 3.32. The number of pyridine rings is 1. The number of amides is 1. The quantitative estimate of drug-likeness (QED) is 0.696. The molecule has 1 aliphatic heterocycles. The predicted molar refractivity (Wildman–Crippen MR) is 103 cm³/mol. The Morgan fingerprint density at radius 2 is 1.93 bits per heavy atom. The van der Waals surface area contributed by atoms with Crippen molar-refractivity contribution < 1.29 is 19.1 Å². The second kappa shape index (κ2) is 6.81. The number of aliphatic hydroxyl groups is 1. The van der Waals surface area contributed by atoms with E-state index in [-0.39, 0.29) is 11.3 Å². The molecule has 1 unspecified atom stereocenters. The van der Waals surface area contributed by atoms with E-state index >= 15 is 0 Å². The summed E-state index contributed by atoms with van der Waals surface area (Å²) in [6.07, 6.45) is 2.96. The molecule has 1 N–H and O–H groups in total. The third kappa shape index (κ3) is 2.70. The first-order chi connectivity index (χ1) is 13.5. The van der Waals surface area contributed by atoms with Crippen molar-refractivity contribution in [2.24, 2.45) is 0 Å². The molecule has 1 amide bonds. The maximum Gasteiger partial charge on any atom is 0.294 e. The van der Waals surface area contributed by atoms with Crippen molar-refractivity contribution in [3.05, 3.63) is 94.9 Å². The Hall–Kier alpha value is -3.67. The number of furan rings is 1. The van der Waals surface area contributed by atoms with Crippen LogP contribution in [0, 0.1) is 13.8 Å². The lowest BCUT2D eigenvalue weighted by Crippen LogP contribution is -2.32. The number of nitrogens with zero attached hydrogens (tertiary/aromatic N) is 2. The molecule has 0 aliphatic carbocycles. The highest BCUT2D eigenvalue weighted by molar-refractivity contribution is 6.20. The lowest BCUT2D eigenvalue weighted by molar-refractivity contribution is -0.117. The van der Waals surface area contributed by atoms with Gasteiger partial charge in [-0.15, -0.1) is 0 Å². The molecule has 6 nitrogen and oxygen atoms in total. The lowest BCUT2D eigenvalue weighted by Gasteiger charge is -2.27. The van der Waals surface area contributed by atoms with Gasteiger partial charge in [0.05, 0.1) is 17.5 Å². The summed E-state index contributed by atoms with van der Waals surface area (Å²) in [4.78, 5) is 31.9. The number of aryl methyl sites for hydroxylation is 1. The molecule has 6 heteroatoms. The van der Waals surface area contributed by atoms with Crippen LogP contribution in [0.15, 0.2) is 76.7 Å². The zero-order valence-electron chi connectivity index (χ0n) is 15.4. The van der Waals surface area contributed by atoms with Crippen LogP contribution in [0.3, 0.4) is 0 Å². The van der Waals surface area contributed by atoms with Gasteiger partial charge < -0.3 is 9.52 Å². The van der Waals surface area contributed by atoms with E-state index in [0.29, 0.717) is 11.4 Å². The number of rotatable bonds is 4. The second-order valence-electron chi connectivity index (χ2n) is 6.62. The minimum Gasteiger partial charge on any atom is -0.503 e. The van der Waals surface area contributed by atoms with Gasteiger partial charge in [0.1, 0.15) is 6.04 Å². The first-order valence-corrected chi connectivity index (χ1v) is 8.82. The molecule has 4 rings (SSSR count). The van der Waals surface area contributed by atoms with Crippen LogP contribution in [-0.2, 0) is 4.79 Å². The molecular weight excluding hydrogens is 356 g/mol. The van der Waals surface area contributed by atoms with Gasteiger partial charge in [0, 0.05) is 11.9 Å². The number of aliphatic hydroxyl groups excluding tert-OH is 1. The summed E-state index contributed by atoms with van der Waals surface area (Å²) in [5, 5.41) is 10.6. The first-order valence-electron chi connectivity index (χ1n) is 8.82. The third-order valence-corrected chi connectivity index (χ3v) is 5.00. The minimum atomic E-state index is -0.855. The molecule has 0 saturated carbocycles. The van der Waals surface area contributed by atoms with Crippen LogP contribution in [0.4, 0.5) is 5.69 Å². The van der Waals surface area contributed by atoms with Gasteiger partial charge in [-0.3, -0.25) is 19.5 Å². The lowest BCUT2D eigenvalue weighted by atomic mass is 9.97. The molecule has 1 aliphatic rings. The fourth-order valence-electron chi connectivity index (χ4n) is 3.44. The number of aromatic nitrogens is 1. The molecule has 0 radical (unpaired) electrons. The van der Waals surface area contributed by atoms with Gasteiger partial charge in [-0.1, -0.05) is 18.2 Å². The van der Waals surface area contributed by atoms with E-state index in [9.17, 15) is 14.7 Å².